The second-order valence-electron chi connectivity index (χ2n) is 6.22. The Hall–Kier alpha value is -2.55. The van der Waals surface area contributed by atoms with E-state index in [2.05, 4.69) is 15.1 Å². The van der Waals surface area contributed by atoms with Crippen LogP contribution in [0, 0.1) is 12.8 Å². The van der Waals surface area contributed by atoms with E-state index in [0.717, 1.165) is 18.5 Å². The topological polar surface area (TPSA) is 95.8 Å². The quantitative estimate of drug-likeness (QED) is 0.599. The van der Waals surface area contributed by atoms with Crippen LogP contribution in [0.15, 0.2) is 28.2 Å². The summed E-state index contributed by atoms with van der Waals surface area (Å²) >= 11 is 1.23. The van der Waals surface area contributed by atoms with Crippen molar-refractivity contribution in [3.8, 4) is 5.13 Å². The van der Waals surface area contributed by atoms with E-state index in [4.69, 9.17) is 4.42 Å². The molecule has 3 aromatic heterocycles. The van der Waals surface area contributed by atoms with E-state index in [0.29, 0.717) is 41.0 Å². The first-order chi connectivity index (χ1) is 12.1. The van der Waals surface area contributed by atoms with Crippen LogP contribution in [0.25, 0.3) is 5.13 Å². The third-order valence-corrected chi connectivity index (χ3v) is 5.40. The molecule has 0 saturated heterocycles. The van der Waals surface area contributed by atoms with Crippen molar-refractivity contribution in [1.82, 2.24) is 24.3 Å². The number of Topliss-reactive ketones (excluding diaryl/α,β-unsaturated/α-hetero) is 1. The lowest BCUT2D eigenvalue weighted by Gasteiger charge is -1.96. The number of thiazole rings is 1. The smallest absolute Gasteiger partial charge is 0.352 e. The molecule has 0 N–H and O–H groups in total. The second kappa shape index (κ2) is 6.40. The molecule has 0 radical (unpaired) electrons. The molecule has 1 aliphatic carbocycles. The average molecular weight is 359 g/mol. The van der Waals surface area contributed by atoms with Crippen LogP contribution >= 0.6 is 11.3 Å². The molecule has 0 aliphatic heterocycles. The van der Waals surface area contributed by atoms with Crippen LogP contribution in [0.4, 0.5) is 0 Å². The molecule has 1 saturated carbocycles. The Morgan fingerprint density at radius 3 is 3.00 bits per heavy atom. The summed E-state index contributed by atoms with van der Waals surface area (Å²) in [5.41, 5.74) is 1.17. The first-order valence-electron chi connectivity index (χ1n) is 8.14. The number of aromatic nitrogens is 5. The van der Waals surface area contributed by atoms with Crippen LogP contribution in [0.1, 0.15) is 40.3 Å². The standard InChI is InChI=1S/C16H17N5O3S/c1-10-14(13(22)5-4-12-7-24-9-17-12)25-15(19-10)20-8-18-21(16(20)23)6-11-2-3-11/h7-9,11H,2-6H2,1H3. The van der Waals surface area contributed by atoms with Crippen molar-refractivity contribution in [3.63, 3.8) is 0 Å². The van der Waals surface area contributed by atoms with E-state index in [1.807, 2.05) is 0 Å². The SMILES string of the molecule is Cc1nc(-n2cnn(CC3CC3)c2=O)sc1C(=O)CCc1cocn1. The van der Waals surface area contributed by atoms with E-state index in [-0.39, 0.29) is 11.5 Å². The van der Waals surface area contributed by atoms with Gasteiger partial charge in [0, 0.05) is 19.4 Å². The van der Waals surface area contributed by atoms with Gasteiger partial charge in [0.2, 0.25) is 0 Å². The average Bonchev–Trinajstić information content (AvgIpc) is 2.97. The van der Waals surface area contributed by atoms with Crippen molar-refractivity contribution in [2.24, 2.45) is 5.92 Å². The second-order valence-corrected chi connectivity index (χ2v) is 7.20. The molecule has 8 nitrogen and oxygen atoms in total. The van der Waals surface area contributed by atoms with Gasteiger partial charge in [0.05, 0.1) is 16.3 Å². The highest BCUT2D eigenvalue weighted by molar-refractivity contribution is 7.16. The number of hydrogen-bond donors (Lipinski definition) is 0. The minimum absolute atomic E-state index is 0.0114. The molecule has 9 heteroatoms. The maximum absolute atomic E-state index is 12.5. The first kappa shape index (κ1) is 15.9. The Morgan fingerprint density at radius 2 is 2.28 bits per heavy atom. The van der Waals surface area contributed by atoms with Crippen molar-refractivity contribution in [2.45, 2.75) is 39.2 Å². The Labute approximate surface area is 147 Å². The highest BCUT2D eigenvalue weighted by atomic mass is 32.1. The van der Waals surface area contributed by atoms with Gasteiger partial charge in [0.15, 0.2) is 17.3 Å². The lowest BCUT2D eigenvalue weighted by molar-refractivity contribution is 0.0985. The number of nitrogens with zero attached hydrogens (tertiary/aromatic N) is 5. The van der Waals surface area contributed by atoms with E-state index in [9.17, 15) is 9.59 Å². The summed E-state index contributed by atoms with van der Waals surface area (Å²) in [6.45, 7) is 2.43. The lowest BCUT2D eigenvalue weighted by Crippen LogP contribution is -2.24. The fourth-order valence-corrected chi connectivity index (χ4v) is 3.60. The van der Waals surface area contributed by atoms with Crippen LogP contribution in [-0.2, 0) is 13.0 Å². The van der Waals surface area contributed by atoms with E-state index >= 15 is 0 Å². The van der Waals surface area contributed by atoms with Gasteiger partial charge in [-0.3, -0.25) is 4.79 Å². The normalized spacial score (nSPS) is 14.1. The number of hydrogen-bond acceptors (Lipinski definition) is 7. The summed E-state index contributed by atoms with van der Waals surface area (Å²) in [4.78, 5) is 33.9. The minimum Gasteiger partial charge on any atom is -0.451 e. The molecule has 130 valence electrons. The molecule has 3 heterocycles. The summed E-state index contributed by atoms with van der Waals surface area (Å²) < 4.78 is 7.79. The van der Waals surface area contributed by atoms with Gasteiger partial charge in [0.25, 0.3) is 0 Å². The maximum Gasteiger partial charge on any atom is 0.352 e. The predicted octanol–water partition coefficient (Wildman–Crippen LogP) is 2.01. The van der Waals surface area contributed by atoms with Crippen molar-refractivity contribution in [2.75, 3.05) is 0 Å². The molecule has 0 spiro atoms. The Morgan fingerprint density at radius 1 is 1.44 bits per heavy atom. The fraction of sp³-hybridized carbons (Fsp3) is 0.438. The van der Waals surface area contributed by atoms with Crippen LogP contribution in [0.2, 0.25) is 0 Å². The zero-order valence-corrected chi connectivity index (χ0v) is 14.5. The molecule has 3 aromatic rings. The Kier molecular flexibility index (Phi) is 4.08. The molecule has 0 aromatic carbocycles. The molecular weight excluding hydrogens is 342 g/mol. The predicted molar refractivity (Wildman–Crippen MR) is 90.1 cm³/mol. The van der Waals surface area contributed by atoms with Crippen molar-refractivity contribution < 1.29 is 9.21 Å². The molecule has 0 atom stereocenters. The fourth-order valence-electron chi connectivity index (χ4n) is 2.60. The third kappa shape index (κ3) is 3.32. The van der Waals surface area contributed by atoms with Gasteiger partial charge in [0.1, 0.15) is 12.6 Å². The number of carbonyl (C=O) groups excluding carboxylic acids is 1. The maximum atomic E-state index is 12.5. The molecule has 0 bridgehead atoms. The highest BCUT2D eigenvalue weighted by Gasteiger charge is 2.24. The van der Waals surface area contributed by atoms with Gasteiger partial charge in [-0.15, -0.1) is 0 Å². The van der Waals surface area contributed by atoms with Gasteiger partial charge in [-0.2, -0.15) is 5.10 Å². The third-order valence-electron chi connectivity index (χ3n) is 4.20. The zero-order chi connectivity index (χ0) is 17.4. The summed E-state index contributed by atoms with van der Waals surface area (Å²) in [6.07, 6.45) is 7.51. The first-order valence-corrected chi connectivity index (χ1v) is 8.96. The number of ketones is 1. The Bertz CT molecular complexity index is 949. The number of rotatable bonds is 7. The van der Waals surface area contributed by atoms with Gasteiger partial charge in [-0.05, 0) is 25.7 Å². The molecule has 4 rings (SSSR count). The Balaban J connectivity index is 1.52. The summed E-state index contributed by atoms with van der Waals surface area (Å²) in [5, 5.41) is 4.64. The van der Waals surface area contributed by atoms with Crippen molar-refractivity contribution in [3.05, 3.63) is 45.7 Å². The van der Waals surface area contributed by atoms with E-state index in [1.54, 1.807) is 6.92 Å². The summed E-state index contributed by atoms with van der Waals surface area (Å²) in [6, 6.07) is 0. The lowest BCUT2D eigenvalue weighted by atomic mass is 10.1. The number of oxazole rings is 1. The van der Waals surface area contributed by atoms with Gasteiger partial charge in [-0.1, -0.05) is 11.3 Å². The van der Waals surface area contributed by atoms with Crippen molar-refractivity contribution in [1.29, 1.82) is 0 Å². The molecule has 1 aliphatic rings. The van der Waals surface area contributed by atoms with E-state index in [1.165, 1.54) is 39.6 Å². The van der Waals surface area contributed by atoms with Crippen LogP contribution in [-0.4, -0.2) is 30.1 Å². The largest absolute Gasteiger partial charge is 0.451 e. The summed E-state index contributed by atoms with van der Waals surface area (Å²) in [7, 11) is 0. The monoisotopic (exact) mass is 359 g/mol. The summed E-state index contributed by atoms with van der Waals surface area (Å²) in [5.74, 6) is 0.551. The number of carbonyl (C=O) groups is 1. The highest BCUT2D eigenvalue weighted by Crippen LogP contribution is 2.30. The zero-order valence-electron chi connectivity index (χ0n) is 13.7. The molecule has 25 heavy (non-hydrogen) atoms. The van der Waals surface area contributed by atoms with Gasteiger partial charge < -0.3 is 4.42 Å². The van der Waals surface area contributed by atoms with E-state index < -0.39 is 0 Å². The van der Waals surface area contributed by atoms with Crippen molar-refractivity contribution >= 4 is 17.1 Å². The van der Waals surface area contributed by atoms with Gasteiger partial charge in [-0.25, -0.2) is 24.0 Å². The molecule has 1 fully saturated rings. The van der Waals surface area contributed by atoms with Crippen LogP contribution < -0.4 is 5.69 Å². The molecular formula is C16H17N5O3S. The van der Waals surface area contributed by atoms with Crippen LogP contribution in [0.3, 0.4) is 0 Å². The molecule has 0 amide bonds. The number of aryl methyl sites for hydroxylation is 2. The minimum atomic E-state index is -0.206. The van der Waals surface area contributed by atoms with Crippen LogP contribution in [0.5, 0.6) is 0 Å². The van der Waals surface area contributed by atoms with Gasteiger partial charge >= 0.3 is 5.69 Å². The molecule has 0 unspecified atom stereocenters.